The number of carbonyl (C=O) groups excluding carboxylic acids is 1. The number of hydrogen-bond acceptors (Lipinski definition) is 6. The lowest BCUT2D eigenvalue weighted by Gasteiger charge is -2.23. The molecule has 0 aromatic carbocycles. The minimum Gasteiger partial charge on any atom is -0.387 e. The zero-order valence-corrected chi connectivity index (χ0v) is 34.9. The fourth-order valence-electron chi connectivity index (χ4n) is 5.77. The van der Waals surface area contributed by atoms with Crippen LogP contribution in [-0.4, -0.2) is 47.8 Å². The summed E-state index contributed by atoms with van der Waals surface area (Å²) in [6.45, 7) is 4.04. The van der Waals surface area contributed by atoms with E-state index in [9.17, 15) is 19.4 Å². The first-order chi connectivity index (χ1) is 25.9. The van der Waals surface area contributed by atoms with Gasteiger partial charge in [0, 0.05) is 13.0 Å². The molecule has 3 atom stereocenters. The van der Waals surface area contributed by atoms with Crippen LogP contribution in [0.2, 0.25) is 0 Å². The lowest BCUT2D eigenvalue weighted by atomic mass is 10.1. The van der Waals surface area contributed by atoms with Crippen molar-refractivity contribution in [2.24, 2.45) is 5.73 Å². The third-order valence-corrected chi connectivity index (χ3v) is 10.0. The van der Waals surface area contributed by atoms with E-state index in [0.717, 1.165) is 70.6 Å². The van der Waals surface area contributed by atoms with Crippen molar-refractivity contribution in [1.29, 1.82) is 0 Å². The lowest BCUT2D eigenvalue weighted by molar-refractivity contribution is -0.123. The van der Waals surface area contributed by atoms with Crippen LogP contribution in [0.3, 0.4) is 0 Å². The molecule has 0 radical (unpaired) electrons. The summed E-state index contributed by atoms with van der Waals surface area (Å²) in [6.07, 6.45) is 49.9. The molecule has 0 saturated carbocycles. The SMILES string of the molecule is CCCC/C=C\C/C=C\CCCCCCCC(=O)NC(COP(=O)(O)OCCN)C(O)/C=C/CC/C=C/CC/C=C/CCCCCCCCCCCC. The molecule has 0 rings (SSSR count). The third kappa shape index (κ3) is 38.3. The fraction of sp³-hybridized carbons (Fsp3) is 0.750. The van der Waals surface area contributed by atoms with Gasteiger partial charge in [-0.15, -0.1) is 0 Å². The fourth-order valence-corrected chi connectivity index (χ4v) is 6.53. The molecule has 0 fully saturated rings. The Morgan fingerprint density at radius 1 is 0.623 bits per heavy atom. The van der Waals surface area contributed by atoms with E-state index < -0.39 is 20.0 Å². The quantitative estimate of drug-likeness (QED) is 0.0278. The maximum atomic E-state index is 12.7. The third-order valence-electron chi connectivity index (χ3n) is 9.04. The van der Waals surface area contributed by atoms with Crippen LogP contribution in [0.4, 0.5) is 0 Å². The van der Waals surface area contributed by atoms with E-state index in [-0.39, 0.29) is 25.7 Å². The summed E-state index contributed by atoms with van der Waals surface area (Å²) in [7, 11) is -4.36. The van der Waals surface area contributed by atoms with Crippen molar-refractivity contribution in [1.82, 2.24) is 5.32 Å². The summed E-state index contributed by atoms with van der Waals surface area (Å²) in [4.78, 5) is 22.7. The van der Waals surface area contributed by atoms with Crippen LogP contribution >= 0.6 is 7.82 Å². The van der Waals surface area contributed by atoms with Gasteiger partial charge in [-0.3, -0.25) is 13.8 Å². The second-order valence-corrected chi connectivity index (χ2v) is 15.6. The normalized spacial score (nSPS) is 14.7. The predicted octanol–water partition coefficient (Wildman–Crippen LogP) is 11.9. The largest absolute Gasteiger partial charge is 0.472 e. The second-order valence-electron chi connectivity index (χ2n) is 14.2. The first-order valence-corrected chi connectivity index (χ1v) is 22.9. The number of amides is 1. The van der Waals surface area contributed by atoms with Gasteiger partial charge in [-0.25, -0.2) is 4.57 Å². The van der Waals surface area contributed by atoms with Crippen molar-refractivity contribution in [2.45, 2.75) is 193 Å². The molecule has 0 aromatic rings. The average Bonchev–Trinajstić information content (AvgIpc) is 3.14. The Balaban J connectivity index is 4.34. The molecular formula is C44H81N2O6P. The van der Waals surface area contributed by atoms with Crippen molar-refractivity contribution in [3.63, 3.8) is 0 Å². The number of hydrogen-bond donors (Lipinski definition) is 4. The number of carbonyl (C=O) groups is 1. The van der Waals surface area contributed by atoms with Crippen molar-refractivity contribution in [3.8, 4) is 0 Å². The van der Waals surface area contributed by atoms with Crippen LogP contribution in [-0.2, 0) is 18.4 Å². The number of phosphoric ester groups is 1. The summed E-state index contributed by atoms with van der Waals surface area (Å²) in [6, 6.07) is -0.892. The molecule has 0 saturated heterocycles. The molecular weight excluding hydrogens is 683 g/mol. The molecule has 8 nitrogen and oxygen atoms in total. The van der Waals surface area contributed by atoms with E-state index in [4.69, 9.17) is 14.8 Å². The summed E-state index contributed by atoms with van der Waals surface area (Å²) in [5, 5.41) is 13.6. The van der Waals surface area contributed by atoms with Crippen LogP contribution in [0.1, 0.15) is 181 Å². The van der Waals surface area contributed by atoms with E-state index in [1.807, 2.05) is 6.08 Å². The minimum atomic E-state index is -4.36. The Labute approximate surface area is 325 Å². The van der Waals surface area contributed by atoms with Crippen LogP contribution in [0.15, 0.2) is 60.8 Å². The molecule has 0 aliphatic rings. The highest BCUT2D eigenvalue weighted by atomic mass is 31.2. The molecule has 0 spiro atoms. The van der Waals surface area contributed by atoms with E-state index in [0.29, 0.717) is 6.42 Å². The molecule has 308 valence electrons. The Kier molecular flexibility index (Phi) is 38.5. The molecule has 0 heterocycles. The number of aliphatic hydroxyl groups excluding tert-OH is 1. The van der Waals surface area contributed by atoms with E-state index in [2.05, 4.69) is 67.8 Å². The smallest absolute Gasteiger partial charge is 0.387 e. The molecule has 53 heavy (non-hydrogen) atoms. The van der Waals surface area contributed by atoms with Gasteiger partial charge in [0.25, 0.3) is 0 Å². The van der Waals surface area contributed by atoms with Crippen LogP contribution in [0.5, 0.6) is 0 Å². The number of unbranched alkanes of at least 4 members (excludes halogenated alkanes) is 19. The van der Waals surface area contributed by atoms with Gasteiger partial charge in [-0.2, -0.15) is 0 Å². The zero-order valence-electron chi connectivity index (χ0n) is 34.0. The Morgan fingerprint density at radius 3 is 1.62 bits per heavy atom. The lowest BCUT2D eigenvalue weighted by Crippen LogP contribution is -2.45. The molecule has 5 N–H and O–H groups in total. The van der Waals surface area contributed by atoms with Gasteiger partial charge in [0.15, 0.2) is 0 Å². The number of phosphoric acid groups is 1. The maximum Gasteiger partial charge on any atom is 0.472 e. The summed E-state index contributed by atoms with van der Waals surface area (Å²) in [5.41, 5.74) is 5.36. The first kappa shape index (κ1) is 51.2. The molecule has 0 aliphatic heterocycles. The van der Waals surface area contributed by atoms with Crippen LogP contribution in [0, 0.1) is 0 Å². The van der Waals surface area contributed by atoms with E-state index >= 15 is 0 Å². The standard InChI is InChI=1S/C44H81N2O6P/c1-3-5-7-9-11-13-15-17-19-20-21-22-23-24-25-27-29-31-33-35-37-43(47)42(41-52-53(49,50)51-40-39-45)46-44(48)38-36-34-32-30-28-26-18-16-14-12-10-8-6-4-2/h10,12,16,18,22-23,27,29,35,37,42-43,47H,3-9,11,13-15,17,19-21,24-26,28,30-34,36,38-41,45H2,1-2H3,(H,46,48)(H,49,50)/b12-10-,18-16-,23-22+,29-27+,37-35+. The monoisotopic (exact) mass is 765 g/mol. The van der Waals surface area contributed by atoms with Crippen molar-refractivity contribution in [3.05, 3.63) is 60.8 Å². The average molecular weight is 765 g/mol. The number of nitrogens with one attached hydrogen (secondary N) is 1. The van der Waals surface area contributed by atoms with Gasteiger partial charge in [0.05, 0.1) is 25.4 Å². The number of allylic oxidation sites excluding steroid dienone is 9. The van der Waals surface area contributed by atoms with Gasteiger partial charge in [0.2, 0.25) is 5.91 Å². The van der Waals surface area contributed by atoms with Gasteiger partial charge in [-0.05, 0) is 70.6 Å². The van der Waals surface area contributed by atoms with Crippen LogP contribution in [0.25, 0.3) is 0 Å². The van der Waals surface area contributed by atoms with Gasteiger partial charge in [0.1, 0.15) is 0 Å². The highest BCUT2D eigenvalue weighted by Gasteiger charge is 2.26. The summed E-state index contributed by atoms with van der Waals surface area (Å²) < 4.78 is 22.1. The van der Waals surface area contributed by atoms with Gasteiger partial charge >= 0.3 is 7.82 Å². The summed E-state index contributed by atoms with van der Waals surface area (Å²) in [5.74, 6) is -0.225. The number of rotatable bonds is 39. The second kappa shape index (κ2) is 39.9. The molecule has 1 amide bonds. The topological polar surface area (TPSA) is 131 Å². The van der Waals surface area contributed by atoms with Crippen LogP contribution < -0.4 is 11.1 Å². The van der Waals surface area contributed by atoms with E-state index in [1.54, 1.807) is 6.08 Å². The molecule has 0 bridgehead atoms. The number of aliphatic hydroxyl groups is 1. The van der Waals surface area contributed by atoms with Crippen molar-refractivity contribution in [2.75, 3.05) is 19.8 Å². The Hall–Kier alpha value is -1.80. The molecule has 0 aliphatic carbocycles. The Bertz CT molecular complexity index is 1010. The summed E-state index contributed by atoms with van der Waals surface area (Å²) >= 11 is 0. The minimum absolute atomic E-state index is 0.0670. The van der Waals surface area contributed by atoms with E-state index in [1.165, 1.54) is 89.9 Å². The predicted molar refractivity (Wildman–Crippen MR) is 226 cm³/mol. The zero-order chi connectivity index (χ0) is 38.9. The Morgan fingerprint density at radius 2 is 1.08 bits per heavy atom. The van der Waals surface area contributed by atoms with Gasteiger partial charge < -0.3 is 21.1 Å². The van der Waals surface area contributed by atoms with Crippen molar-refractivity contribution >= 4 is 13.7 Å². The number of nitrogens with two attached hydrogens (primary N) is 1. The van der Waals surface area contributed by atoms with Gasteiger partial charge in [-0.1, -0.05) is 164 Å². The molecule has 3 unspecified atom stereocenters. The highest BCUT2D eigenvalue weighted by molar-refractivity contribution is 7.47. The van der Waals surface area contributed by atoms with Crippen molar-refractivity contribution < 1.29 is 28.4 Å². The first-order valence-electron chi connectivity index (χ1n) is 21.4. The molecule has 0 aromatic heterocycles. The maximum absolute atomic E-state index is 12.7. The molecule has 9 heteroatoms. The highest BCUT2D eigenvalue weighted by Crippen LogP contribution is 2.43.